The molecule has 2 saturated heterocycles. The fourth-order valence-corrected chi connectivity index (χ4v) is 4.88. The third kappa shape index (κ3) is 3.79. The van der Waals surface area contributed by atoms with Gasteiger partial charge in [0, 0.05) is 43.6 Å². The number of nitrogens with zero attached hydrogens (tertiary/aromatic N) is 5. The van der Waals surface area contributed by atoms with Crippen LogP contribution in [0, 0.1) is 5.92 Å². The second kappa shape index (κ2) is 7.38. The zero-order valence-corrected chi connectivity index (χ0v) is 16.9. The molecule has 2 aromatic heterocycles. The number of amides is 1. The van der Waals surface area contributed by atoms with Crippen LogP contribution in [0.25, 0.3) is 11.4 Å². The lowest BCUT2D eigenvalue weighted by Crippen LogP contribution is -2.51. The van der Waals surface area contributed by atoms with Gasteiger partial charge in [-0.1, -0.05) is 5.16 Å². The van der Waals surface area contributed by atoms with Crippen LogP contribution < -0.4 is 4.90 Å². The molecular formula is C20H20F5N5O2. The molecule has 2 atom stereocenters. The number of carbonyl (C=O) groups excluding carboxylic acids is 1. The summed E-state index contributed by atoms with van der Waals surface area (Å²) in [5.74, 6) is -4.00. The van der Waals surface area contributed by atoms with Crippen molar-refractivity contribution in [3.63, 3.8) is 0 Å². The van der Waals surface area contributed by atoms with Crippen molar-refractivity contribution in [2.75, 3.05) is 18.0 Å². The SMILES string of the molecule is O=C(C1CCC(F)(F)CC1)N1CC2CC1CN2c1ccc(-c2noc(C(F)(F)F)n2)cn1. The van der Waals surface area contributed by atoms with Crippen molar-refractivity contribution in [3.8, 4) is 11.4 Å². The van der Waals surface area contributed by atoms with Crippen molar-refractivity contribution < 1.29 is 31.3 Å². The number of hydrogen-bond acceptors (Lipinski definition) is 6. The highest BCUT2D eigenvalue weighted by Crippen LogP contribution is 2.40. The maximum absolute atomic E-state index is 13.4. The summed E-state index contributed by atoms with van der Waals surface area (Å²) in [6.45, 7) is 1.09. The second-order valence-corrected chi connectivity index (χ2v) is 8.64. The van der Waals surface area contributed by atoms with Gasteiger partial charge >= 0.3 is 12.1 Å². The molecule has 2 aromatic rings. The lowest BCUT2D eigenvalue weighted by atomic mass is 9.85. The maximum Gasteiger partial charge on any atom is 0.471 e. The summed E-state index contributed by atoms with van der Waals surface area (Å²) >= 11 is 0. The Balaban J connectivity index is 1.22. The lowest BCUT2D eigenvalue weighted by Gasteiger charge is -2.38. The molecule has 0 N–H and O–H groups in total. The van der Waals surface area contributed by atoms with E-state index in [9.17, 15) is 26.7 Å². The van der Waals surface area contributed by atoms with E-state index in [0.717, 1.165) is 6.42 Å². The van der Waals surface area contributed by atoms with Crippen LogP contribution in [0.3, 0.4) is 0 Å². The van der Waals surface area contributed by atoms with Gasteiger partial charge in [-0.05, 0) is 31.4 Å². The maximum atomic E-state index is 13.4. The van der Waals surface area contributed by atoms with Crippen LogP contribution in [-0.4, -0.2) is 57.0 Å². The number of alkyl halides is 5. The van der Waals surface area contributed by atoms with Gasteiger partial charge in [-0.15, -0.1) is 0 Å². The molecule has 3 aliphatic rings. The molecule has 0 radical (unpaired) electrons. The predicted octanol–water partition coefficient (Wildman–Crippen LogP) is 3.77. The van der Waals surface area contributed by atoms with Crippen LogP contribution >= 0.6 is 0 Å². The van der Waals surface area contributed by atoms with Crippen LogP contribution in [0.4, 0.5) is 27.8 Å². The van der Waals surface area contributed by atoms with Gasteiger partial charge in [-0.3, -0.25) is 4.79 Å². The second-order valence-electron chi connectivity index (χ2n) is 8.64. The van der Waals surface area contributed by atoms with E-state index in [2.05, 4.69) is 24.5 Å². The van der Waals surface area contributed by atoms with Crippen molar-refractivity contribution in [1.29, 1.82) is 0 Å². The number of halogens is 5. The van der Waals surface area contributed by atoms with Crippen LogP contribution in [0.1, 0.15) is 38.0 Å². The smallest absolute Gasteiger partial charge is 0.350 e. The average Bonchev–Trinajstić information content (AvgIpc) is 3.48. The molecule has 2 aliphatic heterocycles. The number of aromatic nitrogens is 3. The highest BCUT2D eigenvalue weighted by atomic mass is 19.4. The molecule has 0 spiro atoms. The lowest BCUT2D eigenvalue weighted by molar-refractivity contribution is -0.159. The van der Waals surface area contributed by atoms with Gasteiger partial charge in [0.2, 0.25) is 17.7 Å². The first-order chi connectivity index (χ1) is 15.1. The van der Waals surface area contributed by atoms with Gasteiger partial charge in [-0.2, -0.15) is 18.2 Å². The molecule has 1 aliphatic carbocycles. The standard InChI is InChI=1S/C20H20F5N5O2/c21-19(22)5-3-11(4-6-19)17(31)30-10-13-7-14(30)9-29(13)15-2-1-12(8-26-15)16-27-18(32-28-16)20(23,24)25/h1-2,8,11,13-14H,3-7,9-10H2. The van der Waals surface area contributed by atoms with E-state index >= 15 is 0 Å². The minimum Gasteiger partial charge on any atom is -0.350 e. The molecule has 12 heteroatoms. The van der Waals surface area contributed by atoms with Gasteiger partial charge in [0.25, 0.3) is 0 Å². The topological polar surface area (TPSA) is 75.4 Å². The van der Waals surface area contributed by atoms with E-state index in [-0.39, 0.29) is 55.4 Å². The Kier molecular flexibility index (Phi) is 4.86. The van der Waals surface area contributed by atoms with Gasteiger partial charge in [0.05, 0.1) is 12.1 Å². The fraction of sp³-hybridized carbons (Fsp3) is 0.600. The summed E-state index contributed by atoms with van der Waals surface area (Å²) in [5.41, 5.74) is 0.295. The van der Waals surface area contributed by atoms with Crippen molar-refractivity contribution in [2.24, 2.45) is 5.92 Å². The number of rotatable bonds is 3. The molecular weight excluding hydrogens is 437 g/mol. The van der Waals surface area contributed by atoms with Crippen molar-refractivity contribution in [2.45, 2.75) is 56.3 Å². The average molecular weight is 457 g/mol. The molecule has 172 valence electrons. The van der Waals surface area contributed by atoms with Crippen LogP contribution in [0.15, 0.2) is 22.9 Å². The Morgan fingerprint density at radius 3 is 2.44 bits per heavy atom. The van der Waals surface area contributed by atoms with Crippen molar-refractivity contribution in [3.05, 3.63) is 24.2 Å². The monoisotopic (exact) mass is 457 g/mol. The number of carbonyl (C=O) groups is 1. The minimum absolute atomic E-state index is 0.00274. The minimum atomic E-state index is -4.71. The third-order valence-electron chi connectivity index (χ3n) is 6.56. The zero-order valence-electron chi connectivity index (χ0n) is 16.9. The molecule has 2 unspecified atom stereocenters. The van der Waals surface area contributed by atoms with Crippen LogP contribution in [0.5, 0.6) is 0 Å². The number of pyridine rings is 1. The molecule has 2 bridgehead atoms. The normalized spacial score (nSPS) is 25.5. The Morgan fingerprint density at radius 2 is 1.88 bits per heavy atom. The van der Waals surface area contributed by atoms with E-state index in [0.29, 0.717) is 24.5 Å². The Morgan fingerprint density at radius 1 is 1.12 bits per heavy atom. The van der Waals surface area contributed by atoms with E-state index < -0.39 is 18.0 Å². The van der Waals surface area contributed by atoms with Gasteiger partial charge in [0.15, 0.2) is 0 Å². The summed E-state index contributed by atoms with van der Waals surface area (Å²) in [7, 11) is 0. The Bertz CT molecular complexity index is 999. The van der Waals surface area contributed by atoms with E-state index in [1.54, 1.807) is 12.1 Å². The van der Waals surface area contributed by atoms with Crippen LogP contribution in [0.2, 0.25) is 0 Å². The van der Waals surface area contributed by atoms with Crippen molar-refractivity contribution in [1.82, 2.24) is 20.0 Å². The Labute approximate surface area is 179 Å². The summed E-state index contributed by atoms with van der Waals surface area (Å²) in [5, 5.41) is 3.35. The molecule has 4 heterocycles. The van der Waals surface area contributed by atoms with Crippen LogP contribution in [-0.2, 0) is 11.0 Å². The molecule has 1 saturated carbocycles. The number of piperazine rings is 1. The zero-order chi connectivity index (χ0) is 22.7. The molecule has 3 fully saturated rings. The number of hydrogen-bond donors (Lipinski definition) is 0. The quantitative estimate of drug-likeness (QED) is 0.654. The largest absolute Gasteiger partial charge is 0.471 e. The van der Waals surface area contributed by atoms with Gasteiger partial charge in [0.1, 0.15) is 5.82 Å². The molecule has 0 aromatic carbocycles. The summed E-state index contributed by atoms with van der Waals surface area (Å²) in [6, 6.07) is 3.32. The first-order valence-electron chi connectivity index (χ1n) is 10.4. The highest BCUT2D eigenvalue weighted by molar-refractivity contribution is 5.80. The van der Waals surface area contributed by atoms with E-state index in [4.69, 9.17) is 0 Å². The molecule has 1 amide bonds. The first-order valence-corrected chi connectivity index (χ1v) is 10.4. The predicted molar refractivity (Wildman–Crippen MR) is 101 cm³/mol. The first kappa shape index (κ1) is 21.1. The number of anilines is 1. The summed E-state index contributed by atoms with van der Waals surface area (Å²) in [4.78, 5) is 24.4. The Hall–Kier alpha value is -2.79. The summed E-state index contributed by atoms with van der Waals surface area (Å²) < 4.78 is 68.9. The third-order valence-corrected chi connectivity index (χ3v) is 6.56. The van der Waals surface area contributed by atoms with Gasteiger partial charge in [-0.25, -0.2) is 13.8 Å². The number of likely N-dealkylation sites (tertiary alicyclic amines) is 1. The highest BCUT2D eigenvalue weighted by Gasteiger charge is 2.48. The molecule has 5 rings (SSSR count). The fourth-order valence-electron chi connectivity index (χ4n) is 4.88. The molecule has 7 nitrogen and oxygen atoms in total. The van der Waals surface area contributed by atoms with Crippen molar-refractivity contribution >= 4 is 11.7 Å². The van der Waals surface area contributed by atoms with E-state index in [1.807, 2.05) is 4.90 Å². The number of fused-ring (bicyclic) bond motifs is 2. The van der Waals surface area contributed by atoms with E-state index in [1.165, 1.54) is 6.20 Å². The summed E-state index contributed by atoms with van der Waals surface area (Å²) in [6.07, 6.45) is -2.58. The molecule has 32 heavy (non-hydrogen) atoms. The van der Waals surface area contributed by atoms with Gasteiger partial charge < -0.3 is 14.3 Å².